The van der Waals surface area contributed by atoms with E-state index in [2.05, 4.69) is 33.9 Å². The van der Waals surface area contributed by atoms with Crippen LogP contribution in [-0.4, -0.2) is 46.0 Å². The van der Waals surface area contributed by atoms with E-state index in [0.29, 0.717) is 13.0 Å². The van der Waals surface area contributed by atoms with Gasteiger partial charge in [-0.1, -0.05) is 20.8 Å². The molecule has 144 valence electrons. The summed E-state index contributed by atoms with van der Waals surface area (Å²) in [6.45, 7) is 12.7. The van der Waals surface area contributed by atoms with Crippen molar-refractivity contribution in [3.05, 3.63) is 0 Å². The van der Waals surface area contributed by atoms with Crippen molar-refractivity contribution in [3.63, 3.8) is 0 Å². The minimum atomic E-state index is -1.83. The van der Waals surface area contributed by atoms with Gasteiger partial charge in [-0.2, -0.15) is 0 Å². The molecule has 5 atom stereocenters. The summed E-state index contributed by atoms with van der Waals surface area (Å²) in [5.41, 5.74) is 0. The zero-order valence-corrected chi connectivity index (χ0v) is 17.4. The van der Waals surface area contributed by atoms with Gasteiger partial charge >= 0.3 is 5.97 Å². The van der Waals surface area contributed by atoms with E-state index in [-0.39, 0.29) is 41.3 Å². The first-order chi connectivity index (χ1) is 11.7. The van der Waals surface area contributed by atoms with Crippen LogP contribution in [0.5, 0.6) is 0 Å². The molecule has 3 aliphatic rings. The first kappa shape index (κ1) is 19.3. The van der Waals surface area contributed by atoms with Crippen LogP contribution in [0.15, 0.2) is 0 Å². The molecule has 3 fully saturated rings. The number of carbonyl (C=O) groups excluding carboxylic acids is 1. The number of carbonyl (C=O) groups is 1. The van der Waals surface area contributed by atoms with Crippen molar-refractivity contribution in [1.29, 1.82) is 0 Å². The number of hydrogen-bond donors (Lipinski definition) is 0. The number of hydrogen-bond acceptors (Lipinski definition) is 5. The molecule has 1 unspecified atom stereocenters. The summed E-state index contributed by atoms with van der Waals surface area (Å²) in [4.78, 5) is 11.7. The van der Waals surface area contributed by atoms with Crippen LogP contribution in [0.25, 0.3) is 0 Å². The van der Waals surface area contributed by atoms with Gasteiger partial charge in [0.25, 0.3) is 0 Å². The number of esters is 1. The molecule has 3 rings (SSSR count). The lowest BCUT2D eigenvalue weighted by Gasteiger charge is -2.38. The Morgan fingerprint density at radius 3 is 2.64 bits per heavy atom. The highest BCUT2D eigenvalue weighted by molar-refractivity contribution is 6.74. The molecular formula is C19H34O5Si. The van der Waals surface area contributed by atoms with Crippen molar-refractivity contribution in [2.45, 2.75) is 89.5 Å². The average Bonchev–Trinajstić information content (AvgIpc) is 3.01. The SMILES string of the molecule is CC(C)(C)[Si](C)(C)OC[C@H]1[C@H]2CC(=O)O[C@H]2C[C@H]1OC1CCCCO1. The number of rotatable bonds is 5. The second kappa shape index (κ2) is 7.29. The minimum absolute atomic E-state index is 0.00546. The third-order valence-corrected chi connectivity index (χ3v) is 11.1. The summed E-state index contributed by atoms with van der Waals surface area (Å²) in [7, 11) is -1.83. The molecule has 1 aliphatic carbocycles. The molecule has 6 heteroatoms. The molecule has 0 aromatic carbocycles. The summed E-state index contributed by atoms with van der Waals surface area (Å²) in [6.07, 6.45) is 4.47. The van der Waals surface area contributed by atoms with E-state index in [9.17, 15) is 4.79 Å². The summed E-state index contributed by atoms with van der Waals surface area (Å²) in [5.74, 6) is 0.377. The Labute approximate surface area is 152 Å². The third kappa shape index (κ3) is 4.29. The number of ether oxygens (including phenoxy) is 3. The van der Waals surface area contributed by atoms with E-state index in [4.69, 9.17) is 18.6 Å². The topological polar surface area (TPSA) is 54.0 Å². The van der Waals surface area contributed by atoms with Crippen molar-refractivity contribution in [3.8, 4) is 0 Å². The highest BCUT2D eigenvalue weighted by Crippen LogP contribution is 2.45. The molecule has 1 saturated carbocycles. The fraction of sp³-hybridized carbons (Fsp3) is 0.947. The first-order valence-electron chi connectivity index (χ1n) is 9.78. The van der Waals surface area contributed by atoms with Gasteiger partial charge in [-0.05, 0) is 37.4 Å². The highest BCUT2D eigenvalue weighted by Gasteiger charge is 2.52. The number of fused-ring (bicyclic) bond motifs is 1. The Balaban J connectivity index is 1.66. The Morgan fingerprint density at radius 2 is 2.00 bits per heavy atom. The second-order valence-electron chi connectivity index (χ2n) is 9.34. The molecule has 5 nitrogen and oxygen atoms in total. The van der Waals surface area contributed by atoms with Crippen molar-refractivity contribution >= 4 is 14.3 Å². The first-order valence-corrected chi connectivity index (χ1v) is 12.7. The van der Waals surface area contributed by atoms with Gasteiger partial charge in [0, 0.05) is 31.5 Å². The molecule has 0 spiro atoms. The van der Waals surface area contributed by atoms with Crippen LogP contribution >= 0.6 is 0 Å². The van der Waals surface area contributed by atoms with Gasteiger partial charge in [-0.15, -0.1) is 0 Å². The van der Waals surface area contributed by atoms with E-state index in [1.807, 2.05) is 0 Å². The molecule has 0 amide bonds. The normalized spacial score (nSPS) is 36.4. The predicted molar refractivity (Wildman–Crippen MR) is 97.7 cm³/mol. The Morgan fingerprint density at radius 1 is 1.24 bits per heavy atom. The third-order valence-electron chi connectivity index (χ3n) is 6.56. The fourth-order valence-corrected chi connectivity index (χ4v) is 4.92. The van der Waals surface area contributed by atoms with Gasteiger partial charge in [-0.25, -0.2) is 0 Å². The quantitative estimate of drug-likeness (QED) is 0.543. The molecule has 0 aromatic rings. The summed E-state index contributed by atoms with van der Waals surface area (Å²) < 4.78 is 24.1. The van der Waals surface area contributed by atoms with Gasteiger partial charge in [0.05, 0.1) is 12.5 Å². The maximum absolute atomic E-state index is 11.7. The van der Waals surface area contributed by atoms with Crippen LogP contribution in [0.2, 0.25) is 18.1 Å². The standard InChI is InChI=1S/C19H34O5Si/c1-19(2,3)25(4,5)22-12-14-13-10-17(20)23-15(13)11-16(14)24-18-8-6-7-9-21-18/h13-16,18H,6-12H2,1-5H3/t13-,14+,15+,16-,18?/m1/s1. The van der Waals surface area contributed by atoms with Crippen molar-refractivity contribution in [2.24, 2.45) is 11.8 Å². The van der Waals surface area contributed by atoms with Crippen molar-refractivity contribution in [1.82, 2.24) is 0 Å². The molecule has 2 heterocycles. The average molecular weight is 371 g/mol. The maximum atomic E-state index is 11.7. The van der Waals surface area contributed by atoms with Crippen LogP contribution in [0.1, 0.15) is 52.9 Å². The molecule has 0 aromatic heterocycles. The molecular weight excluding hydrogens is 336 g/mol. The predicted octanol–water partition coefficient (Wildman–Crippen LogP) is 3.87. The van der Waals surface area contributed by atoms with E-state index >= 15 is 0 Å². The van der Waals surface area contributed by atoms with Crippen LogP contribution in [0.3, 0.4) is 0 Å². The minimum Gasteiger partial charge on any atom is -0.462 e. The molecule has 25 heavy (non-hydrogen) atoms. The fourth-order valence-electron chi connectivity index (χ4n) is 3.88. The van der Waals surface area contributed by atoms with E-state index in [1.165, 1.54) is 0 Å². The second-order valence-corrected chi connectivity index (χ2v) is 14.1. The van der Waals surface area contributed by atoms with Crippen LogP contribution in [0, 0.1) is 11.8 Å². The summed E-state index contributed by atoms with van der Waals surface area (Å²) in [6, 6.07) is 0. The largest absolute Gasteiger partial charge is 0.462 e. The molecule has 2 aliphatic heterocycles. The monoisotopic (exact) mass is 370 g/mol. The molecule has 0 bridgehead atoms. The van der Waals surface area contributed by atoms with Gasteiger partial charge in [-0.3, -0.25) is 4.79 Å². The lowest BCUT2D eigenvalue weighted by Crippen LogP contribution is -2.44. The van der Waals surface area contributed by atoms with E-state index in [1.54, 1.807) is 0 Å². The van der Waals surface area contributed by atoms with E-state index < -0.39 is 8.32 Å². The molecule has 2 saturated heterocycles. The summed E-state index contributed by atoms with van der Waals surface area (Å²) in [5, 5.41) is 0.176. The maximum Gasteiger partial charge on any atom is 0.306 e. The Hall–Kier alpha value is -0.433. The van der Waals surface area contributed by atoms with Gasteiger partial charge < -0.3 is 18.6 Å². The van der Waals surface area contributed by atoms with E-state index in [0.717, 1.165) is 32.3 Å². The van der Waals surface area contributed by atoms with Gasteiger partial charge in [0.15, 0.2) is 14.6 Å². The summed E-state index contributed by atoms with van der Waals surface area (Å²) >= 11 is 0. The van der Waals surface area contributed by atoms with Crippen molar-refractivity contribution in [2.75, 3.05) is 13.2 Å². The smallest absolute Gasteiger partial charge is 0.306 e. The molecule has 0 N–H and O–H groups in total. The Kier molecular flexibility index (Phi) is 5.64. The van der Waals surface area contributed by atoms with Gasteiger partial charge in [0.1, 0.15) is 6.10 Å². The zero-order valence-electron chi connectivity index (χ0n) is 16.4. The highest BCUT2D eigenvalue weighted by atomic mass is 28.4. The van der Waals surface area contributed by atoms with Crippen LogP contribution in [0.4, 0.5) is 0 Å². The van der Waals surface area contributed by atoms with Gasteiger partial charge in [0.2, 0.25) is 0 Å². The van der Waals surface area contributed by atoms with Crippen molar-refractivity contribution < 1.29 is 23.4 Å². The molecule has 0 radical (unpaired) electrons. The zero-order chi connectivity index (χ0) is 18.2. The van der Waals surface area contributed by atoms with Crippen LogP contribution < -0.4 is 0 Å². The lowest BCUT2D eigenvalue weighted by atomic mass is 9.93. The lowest BCUT2D eigenvalue weighted by molar-refractivity contribution is -0.198. The Bertz CT molecular complexity index is 481. The van der Waals surface area contributed by atoms with Crippen LogP contribution in [-0.2, 0) is 23.4 Å².